The highest BCUT2D eigenvalue weighted by atomic mass is 32.2. The number of methoxy groups -OCH3 is 1. The number of ether oxygens (including phenoxy) is 1. The third-order valence-corrected chi connectivity index (χ3v) is 8.36. The van der Waals surface area contributed by atoms with E-state index < -0.39 is 10.0 Å². The predicted molar refractivity (Wildman–Crippen MR) is 147 cm³/mol. The van der Waals surface area contributed by atoms with Crippen molar-refractivity contribution in [1.82, 2.24) is 13.5 Å². The van der Waals surface area contributed by atoms with Crippen LogP contribution in [-0.4, -0.2) is 29.1 Å². The molecule has 0 aliphatic carbocycles. The lowest BCUT2D eigenvalue weighted by Gasteiger charge is -2.10. The normalized spacial score (nSPS) is 11.8. The second-order valence-electron chi connectivity index (χ2n) is 9.02. The summed E-state index contributed by atoms with van der Waals surface area (Å²) < 4.78 is 36.2. The second-order valence-corrected chi connectivity index (χ2v) is 10.8. The number of rotatable bonds is 6. The zero-order chi connectivity index (χ0) is 25.6. The molecule has 0 atom stereocenters. The fraction of sp³-hybridized carbons (Fsp3) is 0.100. The van der Waals surface area contributed by atoms with Crippen LogP contribution in [0, 0.1) is 6.92 Å². The lowest BCUT2D eigenvalue weighted by atomic mass is 10.1. The number of para-hydroxylation sites is 3. The molecule has 0 spiro atoms. The number of nitrogens with zero attached hydrogens (tertiary/aromatic N) is 3. The van der Waals surface area contributed by atoms with Crippen molar-refractivity contribution in [3.05, 3.63) is 114 Å². The van der Waals surface area contributed by atoms with E-state index in [-0.39, 0.29) is 4.90 Å². The molecule has 0 bridgehead atoms. The highest BCUT2D eigenvalue weighted by molar-refractivity contribution is 7.90. The van der Waals surface area contributed by atoms with Gasteiger partial charge in [-0.2, -0.15) is 0 Å². The van der Waals surface area contributed by atoms with Crippen LogP contribution in [0.4, 0.5) is 0 Å². The molecule has 2 heterocycles. The summed E-state index contributed by atoms with van der Waals surface area (Å²) in [7, 11) is -2.13. The van der Waals surface area contributed by atoms with Gasteiger partial charge < -0.3 is 9.30 Å². The van der Waals surface area contributed by atoms with Gasteiger partial charge >= 0.3 is 0 Å². The molecule has 2 aromatic heterocycles. The molecular formula is C30H25N3O3S. The Bertz CT molecular complexity index is 1850. The molecule has 0 amide bonds. The van der Waals surface area contributed by atoms with Gasteiger partial charge in [0.05, 0.1) is 35.1 Å². The van der Waals surface area contributed by atoms with Crippen LogP contribution in [0.5, 0.6) is 5.75 Å². The summed E-state index contributed by atoms with van der Waals surface area (Å²) in [5.41, 5.74) is 5.36. The quantitative estimate of drug-likeness (QED) is 0.267. The Kier molecular flexibility index (Phi) is 5.57. The van der Waals surface area contributed by atoms with Crippen LogP contribution in [0.3, 0.4) is 0 Å². The Morgan fingerprint density at radius 1 is 0.811 bits per heavy atom. The molecule has 0 aliphatic heterocycles. The maximum atomic E-state index is 13.7. The van der Waals surface area contributed by atoms with Gasteiger partial charge in [0.25, 0.3) is 10.0 Å². The van der Waals surface area contributed by atoms with Crippen LogP contribution in [0.15, 0.2) is 108 Å². The Labute approximate surface area is 215 Å². The highest BCUT2D eigenvalue weighted by Crippen LogP contribution is 2.31. The molecular weight excluding hydrogens is 482 g/mol. The maximum absolute atomic E-state index is 13.7. The zero-order valence-electron chi connectivity index (χ0n) is 20.5. The van der Waals surface area contributed by atoms with E-state index in [1.165, 1.54) is 3.97 Å². The minimum Gasteiger partial charge on any atom is -0.497 e. The fourth-order valence-corrected chi connectivity index (χ4v) is 6.12. The summed E-state index contributed by atoms with van der Waals surface area (Å²) in [5.74, 6) is 1.58. The molecule has 6 nitrogen and oxygen atoms in total. The van der Waals surface area contributed by atoms with Gasteiger partial charge in [-0.05, 0) is 67.1 Å². The van der Waals surface area contributed by atoms with Crippen molar-refractivity contribution in [3.8, 4) is 17.1 Å². The van der Waals surface area contributed by atoms with E-state index in [4.69, 9.17) is 9.72 Å². The van der Waals surface area contributed by atoms with Gasteiger partial charge in [0.2, 0.25) is 0 Å². The summed E-state index contributed by atoms with van der Waals surface area (Å²) in [6.07, 6.45) is 1.74. The van der Waals surface area contributed by atoms with E-state index in [1.54, 1.807) is 25.4 Å². The van der Waals surface area contributed by atoms with E-state index >= 15 is 0 Å². The van der Waals surface area contributed by atoms with E-state index in [1.807, 2.05) is 91.9 Å². The zero-order valence-corrected chi connectivity index (χ0v) is 21.3. The average Bonchev–Trinajstić information content (AvgIpc) is 3.49. The first-order chi connectivity index (χ1) is 18.0. The Balaban J connectivity index is 1.52. The van der Waals surface area contributed by atoms with Crippen LogP contribution < -0.4 is 4.74 Å². The average molecular weight is 508 g/mol. The van der Waals surface area contributed by atoms with Crippen LogP contribution >= 0.6 is 0 Å². The van der Waals surface area contributed by atoms with Crippen LogP contribution in [-0.2, 0) is 16.6 Å². The van der Waals surface area contributed by atoms with Gasteiger partial charge in [0, 0.05) is 17.1 Å². The molecule has 0 aliphatic rings. The molecule has 7 heteroatoms. The number of benzene rings is 4. The Morgan fingerprint density at radius 2 is 1.49 bits per heavy atom. The lowest BCUT2D eigenvalue weighted by Crippen LogP contribution is -2.12. The highest BCUT2D eigenvalue weighted by Gasteiger charge is 2.22. The van der Waals surface area contributed by atoms with Gasteiger partial charge in [0.15, 0.2) is 0 Å². The summed E-state index contributed by atoms with van der Waals surface area (Å²) >= 11 is 0. The van der Waals surface area contributed by atoms with E-state index in [9.17, 15) is 8.42 Å². The third kappa shape index (κ3) is 3.97. The number of aromatic nitrogens is 3. The summed E-state index contributed by atoms with van der Waals surface area (Å²) in [4.78, 5) is 5.18. The maximum Gasteiger partial charge on any atom is 0.268 e. The molecule has 0 saturated heterocycles. The first-order valence-corrected chi connectivity index (χ1v) is 13.4. The molecule has 184 valence electrons. The molecule has 0 radical (unpaired) electrons. The van der Waals surface area contributed by atoms with Gasteiger partial charge in [-0.15, -0.1) is 0 Å². The molecule has 0 N–H and O–H groups in total. The molecule has 0 fully saturated rings. The first kappa shape index (κ1) is 23.1. The molecule has 37 heavy (non-hydrogen) atoms. The molecule has 0 saturated carbocycles. The van der Waals surface area contributed by atoms with Crippen molar-refractivity contribution in [1.29, 1.82) is 0 Å². The van der Waals surface area contributed by atoms with Gasteiger partial charge in [-0.1, -0.05) is 48.0 Å². The topological polar surface area (TPSA) is 66.1 Å². The van der Waals surface area contributed by atoms with Crippen LogP contribution in [0.25, 0.3) is 33.3 Å². The van der Waals surface area contributed by atoms with Crippen molar-refractivity contribution in [3.63, 3.8) is 0 Å². The summed E-state index contributed by atoms with van der Waals surface area (Å²) in [5, 5.41) is 0.886. The number of aryl methyl sites for hydroxylation is 1. The SMILES string of the molecule is COc1ccc(-c2nc3ccccc3n2Cc2cn(S(=O)(=O)c3ccc(C)cc3)c3ccccc23)cc1. The van der Waals surface area contributed by atoms with Gasteiger partial charge in [-0.3, -0.25) is 0 Å². The van der Waals surface area contributed by atoms with Crippen molar-refractivity contribution in [2.75, 3.05) is 7.11 Å². The van der Waals surface area contributed by atoms with Crippen molar-refractivity contribution >= 4 is 32.0 Å². The molecule has 6 rings (SSSR count). The minimum atomic E-state index is -3.78. The number of imidazole rings is 1. The standard InChI is InChI=1S/C30H25N3O3S/c1-21-11-17-25(18-12-21)37(34,35)33-20-23(26-7-3-5-9-28(26)33)19-32-29-10-6-4-8-27(29)31-30(32)22-13-15-24(36-2)16-14-22/h3-18,20H,19H2,1-2H3. The number of hydrogen-bond acceptors (Lipinski definition) is 4. The number of hydrogen-bond donors (Lipinski definition) is 0. The van der Waals surface area contributed by atoms with Crippen LogP contribution in [0.2, 0.25) is 0 Å². The molecule has 6 aromatic rings. The molecule has 0 unspecified atom stereocenters. The first-order valence-electron chi connectivity index (χ1n) is 12.0. The van der Waals surface area contributed by atoms with E-state index in [0.717, 1.165) is 44.7 Å². The van der Waals surface area contributed by atoms with Gasteiger partial charge in [0.1, 0.15) is 11.6 Å². The fourth-order valence-electron chi connectivity index (χ4n) is 4.73. The monoisotopic (exact) mass is 507 g/mol. The van der Waals surface area contributed by atoms with E-state index in [0.29, 0.717) is 12.1 Å². The number of fused-ring (bicyclic) bond motifs is 2. The van der Waals surface area contributed by atoms with Crippen molar-refractivity contribution < 1.29 is 13.2 Å². The Hall–Kier alpha value is -4.36. The minimum absolute atomic E-state index is 0.261. The van der Waals surface area contributed by atoms with Gasteiger partial charge in [-0.25, -0.2) is 17.4 Å². The molecule has 4 aromatic carbocycles. The predicted octanol–water partition coefficient (Wildman–Crippen LogP) is 6.26. The smallest absolute Gasteiger partial charge is 0.268 e. The van der Waals surface area contributed by atoms with Crippen molar-refractivity contribution in [2.24, 2.45) is 0 Å². The largest absolute Gasteiger partial charge is 0.497 e. The van der Waals surface area contributed by atoms with E-state index in [2.05, 4.69) is 4.57 Å². The van der Waals surface area contributed by atoms with Crippen molar-refractivity contribution in [2.45, 2.75) is 18.4 Å². The van der Waals surface area contributed by atoms with Crippen LogP contribution in [0.1, 0.15) is 11.1 Å². The lowest BCUT2D eigenvalue weighted by molar-refractivity contribution is 0.415. The second kappa shape index (κ2) is 8.94. The Morgan fingerprint density at radius 3 is 2.22 bits per heavy atom. The third-order valence-electron chi connectivity index (χ3n) is 6.67. The summed E-state index contributed by atoms with van der Waals surface area (Å²) in [6, 6.07) is 30.4. The summed E-state index contributed by atoms with van der Waals surface area (Å²) in [6.45, 7) is 2.40.